The lowest BCUT2D eigenvalue weighted by Gasteiger charge is -2.44. The molecule has 2 heterocycles. The predicted molar refractivity (Wildman–Crippen MR) is 103 cm³/mol. The van der Waals surface area contributed by atoms with E-state index in [2.05, 4.69) is 11.8 Å². The highest BCUT2D eigenvalue weighted by Crippen LogP contribution is 2.45. The first-order valence-electron chi connectivity index (χ1n) is 10.4. The molecule has 1 saturated carbocycles. The second kappa shape index (κ2) is 8.79. The van der Waals surface area contributed by atoms with Crippen molar-refractivity contribution in [2.24, 2.45) is 5.92 Å². The number of nitrogens with zero attached hydrogens (tertiary/aromatic N) is 2. The van der Waals surface area contributed by atoms with Gasteiger partial charge in [-0.25, -0.2) is 0 Å². The van der Waals surface area contributed by atoms with Crippen LogP contribution in [0.3, 0.4) is 0 Å². The molecule has 3 rings (SSSR count). The summed E-state index contributed by atoms with van der Waals surface area (Å²) in [6.07, 6.45) is 11.8. The van der Waals surface area contributed by atoms with Crippen molar-refractivity contribution in [2.45, 2.75) is 82.4 Å². The van der Waals surface area contributed by atoms with E-state index < -0.39 is 0 Å². The minimum absolute atomic E-state index is 0.0152. The highest BCUT2D eigenvalue weighted by atomic mass is 32.2. The summed E-state index contributed by atoms with van der Waals surface area (Å²) in [7, 11) is 0. The number of rotatable bonds is 6. The molecule has 1 aliphatic carbocycles. The van der Waals surface area contributed by atoms with E-state index in [1.165, 1.54) is 32.1 Å². The molecular weight excluding hydrogens is 332 g/mol. The lowest BCUT2D eigenvalue weighted by molar-refractivity contribution is -0.140. The van der Waals surface area contributed by atoms with E-state index in [0.29, 0.717) is 18.2 Å². The van der Waals surface area contributed by atoms with Crippen LogP contribution in [0.2, 0.25) is 0 Å². The molecule has 2 amide bonds. The van der Waals surface area contributed by atoms with Gasteiger partial charge in [-0.2, -0.15) is 0 Å². The van der Waals surface area contributed by atoms with Crippen LogP contribution in [0.1, 0.15) is 77.6 Å². The molecule has 4 nitrogen and oxygen atoms in total. The molecule has 0 aromatic rings. The van der Waals surface area contributed by atoms with Crippen LogP contribution >= 0.6 is 11.8 Å². The molecule has 2 aliphatic heterocycles. The van der Waals surface area contributed by atoms with Gasteiger partial charge in [-0.05, 0) is 32.1 Å². The maximum atomic E-state index is 13.0. The van der Waals surface area contributed by atoms with E-state index in [1.54, 1.807) is 0 Å². The Balaban J connectivity index is 1.51. The topological polar surface area (TPSA) is 40.6 Å². The molecule has 25 heavy (non-hydrogen) atoms. The lowest BCUT2D eigenvalue weighted by atomic mass is 9.98. The van der Waals surface area contributed by atoms with Crippen molar-refractivity contribution in [3.8, 4) is 0 Å². The van der Waals surface area contributed by atoms with Crippen LogP contribution in [0.5, 0.6) is 0 Å². The maximum absolute atomic E-state index is 13.0. The van der Waals surface area contributed by atoms with Crippen LogP contribution < -0.4 is 0 Å². The van der Waals surface area contributed by atoms with Crippen LogP contribution in [0.4, 0.5) is 0 Å². The fourth-order valence-electron chi connectivity index (χ4n) is 4.69. The summed E-state index contributed by atoms with van der Waals surface area (Å²) >= 11 is 1.97. The number of unbranched alkanes of at least 4 members (excludes halogenated alkanes) is 3. The maximum Gasteiger partial charge on any atom is 0.226 e. The Morgan fingerprint density at radius 2 is 1.76 bits per heavy atom. The van der Waals surface area contributed by atoms with Crippen LogP contribution in [0, 0.1) is 5.92 Å². The normalized spacial score (nSPS) is 23.6. The molecule has 2 saturated heterocycles. The zero-order valence-electron chi connectivity index (χ0n) is 15.8. The number of amides is 2. The third kappa shape index (κ3) is 4.35. The van der Waals surface area contributed by atoms with Crippen molar-refractivity contribution in [1.29, 1.82) is 0 Å². The van der Waals surface area contributed by atoms with Gasteiger partial charge in [0.15, 0.2) is 0 Å². The Labute approximate surface area is 157 Å². The van der Waals surface area contributed by atoms with Crippen molar-refractivity contribution >= 4 is 23.6 Å². The fourth-order valence-corrected chi connectivity index (χ4v) is 6.16. The molecule has 142 valence electrons. The molecule has 0 unspecified atom stereocenters. The van der Waals surface area contributed by atoms with E-state index in [4.69, 9.17) is 0 Å². The number of piperidine rings is 1. The van der Waals surface area contributed by atoms with Gasteiger partial charge in [-0.1, -0.05) is 39.0 Å². The molecule has 3 fully saturated rings. The molecule has 5 heteroatoms. The van der Waals surface area contributed by atoms with Crippen molar-refractivity contribution in [3.63, 3.8) is 0 Å². The van der Waals surface area contributed by atoms with E-state index >= 15 is 0 Å². The van der Waals surface area contributed by atoms with E-state index in [1.807, 2.05) is 16.7 Å². The summed E-state index contributed by atoms with van der Waals surface area (Å²) in [6, 6.07) is 0. The number of likely N-dealkylation sites (tertiary alicyclic amines) is 1. The average molecular weight is 367 g/mol. The highest BCUT2D eigenvalue weighted by molar-refractivity contribution is 8.00. The first kappa shape index (κ1) is 19.1. The van der Waals surface area contributed by atoms with Gasteiger partial charge in [0.05, 0.1) is 4.87 Å². The lowest BCUT2D eigenvalue weighted by Crippen LogP contribution is -2.54. The molecule has 0 bridgehead atoms. The SMILES string of the molecule is CCCCCCC(=O)N1CCC2(CC1)SCCN2C(=O)C1CCCC1. The highest BCUT2D eigenvalue weighted by Gasteiger charge is 2.48. The van der Waals surface area contributed by atoms with Gasteiger partial charge in [0, 0.05) is 37.7 Å². The molecule has 0 N–H and O–H groups in total. The van der Waals surface area contributed by atoms with Gasteiger partial charge in [0.25, 0.3) is 0 Å². The number of hydrogen-bond donors (Lipinski definition) is 0. The van der Waals surface area contributed by atoms with Crippen LogP contribution in [0.15, 0.2) is 0 Å². The smallest absolute Gasteiger partial charge is 0.226 e. The monoisotopic (exact) mass is 366 g/mol. The zero-order valence-corrected chi connectivity index (χ0v) is 16.6. The van der Waals surface area contributed by atoms with E-state index in [0.717, 1.165) is 57.5 Å². The van der Waals surface area contributed by atoms with Crippen molar-refractivity contribution in [1.82, 2.24) is 9.80 Å². The van der Waals surface area contributed by atoms with Gasteiger partial charge >= 0.3 is 0 Å². The van der Waals surface area contributed by atoms with Crippen molar-refractivity contribution in [3.05, 3.63) is 0 Å². The molecule has 0 aromatic heterocycles. The Morgan fingerprint density at radius 3 is 2.44 bits per heavy atom. The number of thioether (sulfide) groups is 1. The van der Waals surface area contributed by atoms with Gasteiger partial charge in [-0.3, -0.25) is 9.59 Å². The zero-order chi connectivity index (χ0) is 17.7. The minimum Gasteiger partial charge on any atom is -0.342 e. The summed E-state index contributed by atoms with van der Waals surface area (Å²) in [5, 5.41) is 0. The predicted octanol–water partition coefficient (Wildman–Crippen LogP) is 4.04. The average Bonchev–Trinajstić information content (AvgIpc) is 3.29. The van der Waals surface area contributed by atoms with Crippen molar-refractivity contribution in [2.75, 3.05) is 25.4 Å². The van der Waals surface area contributed by atoms with Gasteiger partial charge in [0.2, 0.25) is 11.8 Å². The number of hydrogen-bond acceptors (Lipinski definition) is 3. The summed E-state index contributed by atoms with van der Waals surface area (Å²) in [6.45, 7) is 4.76. The Kier molecular flexibility index (Phi) is 6.70. The number of carbonyl (C=O) groups is 2. The Hall–Kier alpha value is -0.710. The summed E-state index contributed by atoms with van der Waals surface area (Å²) in [4.78, 5) is 29.6. The Morgan fingerprint density at radius 1 is 1.04 bits per heavy atom. The van der Waals surface area contributed by atoms with Crippen LogP contribution in [-0.4, -0.2) is 51.9 Å². The molecule has 3 aliphatic rings. The summed E-state index contributed by atoms with van der Waals surface area (Å²) in [5.74, 6) is 2.06. The molecule has 0 radical (unpaired) electrons. The van der Waals surface area contributed by atoms with Gasteiger partial charge in [-0.15, -0.1) is 11.8 Å². The summed E-state index contributed by atoms with van der Waals surface area (Å²) in [5.41, 5.74) is 0. The van der Waals surface area contributed by atoms with E-state index in [9.17, 15) is 9.59 Å². The number of carbonyl (C=O) groups excluding carboxylic acids is 2. The second-order valence-corrected chi connectivity index (χ2v) is 9.41. The molecular formula is C20H34N2O2S. The molecule has 0 aromatic carbocycles. The first-order chi connectivity index (χ1) is 12.2. The minimum atomic E-state index is -0.0152. The van der Waals surface area contributed by atoms with E-state index in [-0.39, 0.29) is 10.8 Å². The fraction of sp³-hybridized carbons (Fsp3) is 0.900. The Bertz CT molecular complexity index is 468. The van der Waals surface area contributed by atoms with Crippen LogP contribution in [0.25, 0.3) is 0 Å². The quantitative estimate of drug-likeness (QED) is 0.666. The summed E-state index contributed by atoms with van der Waals surface area (Å²) < 4.78 is 0. The van der Waals surface area contributed by atoms with Crippen LogP contribution in [-0.2, 0) is 9.59 Å². The molecule has 0 atom stereocenters. The third-order valence-electron chi connectivity index (χ3n) is 6.29. The van der Waals surface area contributed by atoms with Gasteiger partial charge in [0.1, 0.15) is 0 Å². The van der Waals surface area contributed by atoms with Gasteiger partial charge < -0.3 is 9.80 Å². The standard InChI is InChI=1S/C20H34N2O2S/c1-2-3-4-5-10-18(23)21-13-11-20(12-14-21)22(15-16-25-20)19(24)17-8-6-7-9-17/h17H,2-16H2,1H3. The van der Waals surface area contributed by atoms with Crippen molar-refractivity contribution < 1.29 is 9.59 Å². The largest absolute Gasteiger partial charge is 0.342 e. The third-order valence-corrected chi connectivity index (χ3v) is 7.84. The molecule has 1 spiro atoms. The first-order valence-corrected chi connectivity index (χ1v) is 11.4. The second-order valence-electron chi connectivity index (χ2n) is 7.96.